The smallest absolute Gasteiger partial charge is 0.0695 e. The Bertz CT molecular complexity index is 147. The average Bonchev–Trinajstić information content (AvgIpc) is 2.09. The Labute approximate surface area is 81.9 Å². The number of aliphatic hydroxyl groups is 1. The highest BCUT2D eigenvalue weighted by Crippen LogP contribution is 2.24. The minimum absolute atomic E-state index is 0.0869. The summed E-state index contributed by atoms with van der Waals surface area (Å²) in [6.45, 7) is 7.66. The van der Waals surface area contributed by atoms with E-state index < -0.39 is 0 Å². The summed E-state index contributed by atoms with van der Waals surface area (Å²) in [4.78, 5) is 2.42. The predicted molar refractivity (Wildman–Crippen MR) is 55.8 cm³/mol. The van der Waals surface area contributed by atoms with E-state index in [4.69, 9.17) is 0 Å². The van der Waals surface area contributed by atoms with Gasteiger partial charge in [-0.1, -0.05) is 19.8 Å². The van der Waals surface area contributed by atoms with Crippen molar-refractivity contribution in [1.29, 1.82) is 0 Å². The Balaban J connectivity index is 2.55. The number of hydrogen-bond acceptors (Lipinski definition) is 2. The highest BCUT2D eigenvalue weighted by Gasteiger charge is 2.28. The lowest BCUT2D eigenvalue weighted by atomic mass is 9.90. The molecule has 2 atom stereocenters. The molecule has 78 valence electrons. The van der Waals surface area contributed by atoms with Crippen LogP contribution in [-0.2, 0) is 0 Å². The molecule has 1 saturated carbocycles. The third-order valence-corrected chi connectivity index (χ3v) is 3.15. The second-order valence-electron chi connectivity index (χ2n) is 4.34. The summed E-state index contributed by atoms with van der Waals surface area (Å²) in [5.41, 5.74) is 0. The molecule has 1 rings (SSSR count). The third-order valence-electron chi connectivity index (χ3n) is 3.15. The quantitative estimate of drug-likeness (QED) is 0.727. The molecule has 0 saturated heterocycles. The summed E-state index contributed by atoms with van der Waals surface area (Å²) in [5, 5.41) is 9.88. The number of aliphatic hydroxyl groups excluding tert-OH is 1. The van der Waals surface area contributed by atoms with E-state index in [1.54, 1.807) is 0 Å². The molecule has 2 heteroatoms. The van der Waals surface area contributed by atoms with Gasteiger partial charge in [-0.05, 0) is 33.2 Å². The molecule has 1 aliphatic rings. The van der Waals surface area contributed by atoms with Crippen molar-refractivity contribution in [3.8, 4) is 0 Å². The van der Waals surface area contributed by atoms with E-state index in [2.05, 4.69) is 25.7 Å². The molecule has 0 aromatic rings. The van der Waals surface area contributed by atoms with Gasteiger partial charge >= 0.3 is 0 Å². The van der Waals surface area contributed by atoms with Crippen molar-refractivity contribution in [2.24, 2.45) is 0 Å². The van der Waals surface area contributed by atoms with E-state index in [9.17, 15) is 5.11 Å². The Kier molecular flexibility index (Phi) is 4.20. The fraction of sp³-hybridized carbons (Fsp3) is 1.00. The van der Waals surface area contributed by atoms with Gasteiger partial charge in [-0.15, -0.1) is 0 Å². The Hall–Kier alpha value is -0.0800. The number of likely N-dealkylation sites (N-methyl/N-ethyl adjacent to an activating group) is 1. The largest absolute Gasteiger partial charge is 0.391 e. The molecule has 1 aliphatic carbocycles. The number of rotatable bonds is 3. The maximum Gasteiger partial charge on any atom is 0.0695 e. The zero-order valence-corrected chi connectivity index (χ0v) is 9.16. The summed E-state index contributed by atoms with van der Waals surface area (Å²) >= 11 is 0. The van der Waals surface area contributed by atoms with Crippen molar-refractivity contribution < 1.29 is 5.11 Å². The third kappa shape index (κ3) is 2.68. The van der Waals surface area contributed by atoms with Gasteiger partial charge in [0, 0.05) is 12.1 Å². The van der Waals surface area contributed by atoms with Crippen LogP contribution in [0.5, 0.6) is 0 Å². The van der Waals surface area contributed by atoms with Gasteiger partial charge in [0.15, 0.2) is 0 Å². The molecule has 0 unspecified atom stereocenters. The second kappa shape index (κ2) is 4.97. The highest BCUT2D eigenvalue weighted by molar-refractivity contribution is 4.84. The SMILES string of the molecule is CCN(C(C)C)[C@@H]1CCCC[C@H]1O. The number of hydrogen-bond donors (Lipinski definition) is 1. The van der Waals surface area contributed by atoms with Crippen LogP contribution in [0.3, 0.4) is 0 Å². The molecule has 0 aromatic carbocycles. The minimum Gasteiger partial charge on any atom is -0.391 e. The van der Waals surface area contributed by atoms with Gasteiger partial charge in [-0.3, -0.25) is 4.90 Å². The van der Waals surface area contributed by atoms with Crippen LogP contribution >= 0.6 is 0 Å². The highest BCUT2D eigenvalue weighted by atomic mass is 16.3. The molecule has 1 fully saturated rings. The van der Waals surface area contributed by atoms with Crippen molar-refractivity contribution in [2.75, 3.05) is 6.54 Å². The Morgan fingerprint density at radius 1 is 1.31 bits per heavy atom. The van der Waals surface area contributed by atoms with E-state index in [-0.39, 0.29) is 6.10 Å². The van der Waals surface area contributed by atoms with Crippen LogP contribution in [0.1, 0.15) is 46.5 Å². The van der Waals surface area contributed by atoms with Gasteiger partial charge < -0.3 is 5.11 Å². The fourth-order valence-corrected chi connectivity index (χ4v) is 2.46. The van der Waals surface area contributed by atoms with Crippen LogP contribution < -0.4 is 0 Å². The van der Waals surface area contributed by atoms with E-state index >= 15 is 0 Å². The summed E-state index contributed by atoms with van der Waals surface area (Å²) in [6, 6.07) is 0.974. The maximum atomic E-state index is 9.88. The molecular formula is C11H23NO. The lowest BCUT2D eigenvalue weighted by molar-refractivity contribution is 0.00776. The van der Waals surface area contributed by atoms with Crippen molar-refractivity contribution in [2.45, 2.75) is 64.6 Å². The molecule has 2 nitrogen and oxygen atoms in total. The van der Waals surface area contributed by atoms with Gasteiger partial charge in [-0.25, -0.2) is 0 Å². The van der Waals surface area contributed by atoms with Crippen LogP contribution in [0.4, 0.5) is 0 Å². The van der Waals surface area contributed by atoms with Gasteiger partial charge in [0.05, 0.1) is 6.10 Å². The lowest BCUT2D eigenvalue weighted by Gasteiger charge is -2.39. The average molecular weight is 185 g/mol. The van der Waals surface area contributed by atoms with Crippen LogP contribution in [0.2, 0.25) is 0 Å². The van der Waals surface area contributed by atoms with Crippen LogP contribution in [-0.4, -0.2) is 34.7 Å². The van der Waals surface area contributed by atoms with Crippen molar-refractivity contribution in [3.05, 3.63) is 0 Å². The first-order valence-corrected chi connectivity index (χ1v) is 5.60. The van der Waals surface area contributed by atoms with Gasteiger partial charge in [0.1, 0.15) is 0 Å². The maximum absolute atomic E-state index is 9.88. The molecule has 0 amide bonds. The summed E-state index contributed by atoms with van der Waals surface area (Å²) in [5.74, 6) is 0. The first-order chi connectivity index (χ1) is 6.16. The minimum atomic E-state index is -0.0869. The second-order valence-corrected chi connectivity index (χ2v) is 4.34. The van der Waals surface area contributed by atoms with Crippen LogP contribution in [0.15, 0.2) is 0 Å². The van der Waals surface area contributed by atoms with Gasteiger partial charge in [0.2, 0.25) is 0 Å². The van der Waals surface area contributed by atoms with E-state index in [0.717, 1.165) is 13.0 Å². The molecule has 0 bridgehead atoms. The first kappa shape index (κ1) is 11.0. The number of nitrogens with zero attached hydrogens (tertiary/aromatic N) is 1. The standard InChI is InChI=1S/C11H23NO/c1-4-12(9(2)3)10-7-5-6-8-11(10)13/h9-11,13H,4-8H2,1-3H3/t10-,11-/m1/s1. The van der Waals surface area contributed by atoms with Gasteiger partial charge in [0.25, 0.3) is 0 Å². The molecule has 1 N–H and O–H groups in total. The normalized spacial score (nSPS) is 30.0. The van der Waals surface area contributed by atoms with E-state index in [0.29, 0.717) is 12.1 Å². The van der Waals surface area contributed by atoms with Crippen LogP contribution in [0.25, 0.3) is 0 Å². The topological polar surface area (TPSA) is 23.5 Å². The van der Waals surface area contributed by atoms with Gasteiger partial charge in [-0.2, -0.15) is 0 Å². The van der Waals surface area contributed by atoms with Crippen molar-refractivity contribution >= 4 is 0 Å². The fourth-order valence-electron chi connectivity index (χ4n) is 2.46. The molecule has 13 heavy (non-hydrogen) atoms. The Morgan fingerprint density at radius 3 is 2.38 bits per heavy atom. The summed E-state index contributed by atoms with van der Waals surface area (Å²) in [6.07, 6.45) is 4.57. The molecule has 0 radical (unpaired) electrons. The summed E-state index contributed by atoms with van der Waals surface area (Å²) in [7, 11) is 0. The van der Waals surface area contributed by atoms with Crippen molar-refractivity contribution in [3.63, 3.8) is 0 Å². The first-order valence-electron chi connectivity index (χ1n) is 5.60. The molecule has 0 aliphatic heterocycles. The van der Waals surface area contributed by atoms with E-state index in [1.165, 1.54) is 19.3 Å². The predicted octanol–water partition coefficient (Wildman–Crippen LogP) is 2.02. The Morgan fingerprint density at radius 2 is 1.92 bits per heavy atom. The monoisotopic (exact) mass is 185 g/mol. The zero-order valence-electron chi connectivity index (χ0n) is 9.16. The van der Waals surface area contributed by atoms with Crippen molar-refractivity contribution in [1.82, 2.24) is 4.90 Å². The lowest BCUT2D eigenvalue weighted by Crippen LogP contribution is -2.48. The molecular weight excluding hydrogens is 162 g/mol. The van der Waals surface area contributed by atoms with E-state index in [1.807, 2.05) is 0 Å². The summed E-state index contributed by atoms with van der Waals surface area (Å²) < 4.78 is 0. The molecule has 0 spiro atoms. The zero-order chi connectivity index (χ0) is 9.84. The van der Waals surface area contributed by atoms with Crippen LogP contribution in [0, 0.1) is 0 Å². The molecule has 0 aromatic heterocycles. The molecule has 0 heterocycles.